The van der Waals surface area contributed by atoms with Crippen LogP contribution in [-0.4, -0.2) is 33.1 Å². The molecule has 1 aliphatic rings. The van der Waals surface area contributed by atoms with Gasteiger partial charge in [-0.15, -0.1) is 0 Å². The predicted molar refractivity (Wildman–Crippen MR) is 109 cm³/mol. The summed E-state index contributed by atoms with van der Waals surface area (Å²) in [5.41, 5.74) is 2.37. The Bertz CT molecular complexity index is 969. The number of methoxy groups -OCH3 is 3. The minimum atomic E-state index is -0.429. The Balaban J connectivity index is 2.60. The lowest BCUT2D eigenvalue weighted by Gasteiger charge is -2.34. The first-order valence-corrected chi connectivity index (χ1v) is 9.55. The molecule has 1 aliphatic carbocycles. The number of esters is 1. The molecule has 5 nitrogen and oxygen atoms in total. The van der Waals surface area contributed by atoms with Gasteiger partial charge in [-0.3, -0.25) is 4.79 Å². The molecule has 0 radical (unpaired) electrons. The molecule has 0 unspecified atom stereocenters. The lowest BCUT2D eigenvalue weighted by Crippen LogP contribution is -2.30. The lowest BCUT2D eigenvalue weighted by atomic mass is 9.68. The van der Waals surface area contributed by atoms with E-state index < -0.39 is 5.97 Å². The van der Waals surface area contributed by atoms with Crippen LogP contribution in [0.3, 0.4) is 0 Å². The molecule has 2 aromatic carbocycles. The summed E-state index contributed by atoms with van der Waals surface area (Å²) in [6, 6.07) is 3.82. The van der Waals surface area contributed by atoms with Crippen molar-refractivity contribution in [3.63, 3.8) is 0 Å². The molecule has 0 spiro atoms. The van der Waals surface area contributed by atoms with Gasteiger partial charge in [-0.1, -0.05) is 27.7 Å². The van der Waals surface area contributed by atoms with Gasteiger partial charge in [0.25, 0.3) is 0 Å². The first-order chi connectivity index (χ1) is 13.2. The van der Waals surface area contributed by atoms with Crippen molar-refractivity contribution in [3.8, 4) is 11.5 Å². The summed E-state index contributed by atoms with van der Waals surface area (Å²) in [6.07, 6.45) is 1.11. The third kappa shape index (κ3) is 2.93. The van der Waals surface area contributed by atoms with E-state index in [2.05, 4.69) is 27.7 Å². The Morgan fingerprint density at radius 1 is 1.07 bits per heavy atom. The zero-order chi connectivity index (χ0) is 20.8. The van der Waals surface area contributed by atoms with E-state index in [4.69, 9.17) is 14.2 Å². The van der Waals surface area contributed by atoms with Gasteiger partial charge in [-0.25, -0.2) is 4.79 Å². The molecular formula is C23H28O5. The molecule has 3 rings (SSSR count). The van der Waals surface area contributed by atoms with E-state index in [0.717, 1.165) is 16.5 Å². The van der Waals surface area contributed by atoms with Crippen molar-refractivity contribution in [3.05, 3.63) is 34.4 Å². The number of benzene rings is 2. The molecule has 0 aromatic heterocycles. The Kier molecular flexibility index (Phi) is 5.13. The fourth-order valence-corrected chi connectivity index (χ4v) is 4.30. The van der Waals surface area contributed by atoms with Gasteiger partial charge in [0.2, 0.25) is 0 Å². The van der Waals surface area contributed by atoms with Crippen LogP contribution in [0, 0.1) is 0 Å². The highest BCUT2D eigenvalue weighted by atomic mass is 16.5. The van der Waals surface area contributed by atoms with Crippen LogP contribution >= 0.6 is 0 Å². The minimum absolute atomic E-state index is 0.0164. The van der Waals surface area contributed by atoms with Gasteiger partial charge in [-0.05, 0) is 40.8 Å². The fourth-order valence-electron chi connectivity index (χ4n) is 4.30. The highest BCUT2D eigenvalue weighted by Crippen LogP contribution is 2.49. The minimum Gasteiger partial charge on any atom is -0.493 e. The summed E-state index contributed by atoms with van der Waals surface area (Å²) in [7, 11) is 4.56. The zero-order valence-corrected chi connectivity index (χ0v) is 17.7. The van der Waals surface area contributed by atoms with Gasteiger partial charge in [0.05, 0.1) is 26.9 Å². The third-order valence-corrected chi connectivity index (χ3v) is 5.73. The smallest absolute Gasteiger partial charge is 0.338 e. The maximum Gasteiger partial charge on any atom is 0.338 e. The van der Waals surface area contributed by atoms with Gasteiger partial charge in [0.1, 0.15) is 0 Å². The van der Waals surface area contributed by atoms with Crippen molar-refractivity contribution >= 4 is 22.5 Å². The van der Waals surface area contributed by atoms with E-state index in [9.17, 15) is 9.59 Å². The lowest BCUT2D eigenvalue weighted by molar-refractivity contribution is 0.0597. The summed E-state index contributed by atoms with van der Waals surface area (Å²) < 4.78 is 16.5. The number of rotatable bonds is 4. The first-order valence-electron chi connectivity index (χ1n) is 9.55. The molecule has 0 atom stereocenters. The average Bonchev–Trinajstić information content (AvgIpc) is 2.67. The molecule has 0 heterocycles. The molecule has 5 heteroatoms. The fraction of sp³-hybridized carbons (Fsp3) is 0.478. The van der Waals surface area contributed by atoms with E-state index in [1.165, 1.54) is 7.11 Å². The summed E-state index contributed by atoms with van der Waals surface area (Å²) in [5.74, 6) is 0.944. The molecule has 0 saturated carbocycles. The zero-order valence-electron chi connectivity index (χ0n) is 17.7. The Morgan fingerprint density at radius 2 is 1.71 bits per heavy atom. The molecule has 0 amide bonds. The number of carbonyl (C=O) groups excluding carboxylic acids is 2. The summed E-state index contributed by atoms with van der Waals surface area (Å²) in [6.45, 7) is 8.25. The largest absolute Gasteiger partial charge is 0.493 e. The molecule has 0 fully saturated rings. The predicted octanol–water partition coefficient (Wildman–Crippen LogP) is 5.02. The molecule has 0 saturated heterocycles. The number of hydrogen-bond donors (Lipinski definition) is 0. The van der Waals surface area contributed by atoms with Crippen molar-refractivity contribution < 1.29 is 23.8 Å². The van der Waals surface area contributed by atoms with Crippen LogP contribution in [0.2, 0.25) is 0 Å². The average molecular weight is 384 g/mol. The first kappa shape index (κ1) is 20.2. The molecular weight excluding hydrogens is 356 g/mol. The van der Waals surface area contributed by atoms with E-state index in [1.807, 2.05) is 12.1 Å². The van der Waals surface area contributed by atoms with Crippen LogP contribution < -0.4 is 9.47 Å². The standard InChI is InChI=1S/C23H28O5/c1-12(2)14-10-13-11-15(22(25)28-7)19-18(16(24)8-9-23(19,3)4)17(13)21(27-6)20(14)26-5/h10-12H,8-9H2,1-7H3. The van der Waals surface area contributed by atoms with Crippen LogP contribution in [0.25, 0.3) is 10.8 Å². The van der Waals surface area contributed by atoms with Gasteiger partial charge >= 0.3 is 5.97 Å². The SMILES string of the molecule is COC(=O)c1cc2cc(C(C)C)c(OC)c(OC)c2c2c1C(C)(C)CCC2=O. The number of Topliss-reactive ketones (excluding diaryl/α,β-unsaturated/α-hetero) is 1. The quantitative estimate of drug-likeness (QED) is 0.693. The molecule has 150 valence electrons. The van der Waals surface area contributed by atoms with E-state index >= 15 is 0 Å². The second-order valence-electron chi connectivity index (χ2n) is 8.26. The van der Waals surface area contributed by atoms with Crippen molar-refractivity contribution in [2.24, 2.45) is 0 Å². The maximum atomic E-state index is 13.1. The molecule has 28 heavy (non-hydrogen) atoms. The highest BCUT2D eigenvalue weighted by Gasteiger charge is 2.38. The van der Waals surface area contributed by atoms with Crippen LogP contribution in [0.5, 0.6) is 11.5 Å². The van der Waals surface area contributed by atoms with E-state index in [-0.39, 0.29) is 17.1 Å². The maximum absolute atomic E-state index is 13.1. The van der Waals surface area contributed by atoms with Gasteiger partial charge in [-0.2, -0.15) is 0 Å². The Morgan fingerprint density at radius 3 is 2.25 bits per heavy atom. The number of ether oxygens (including phenoxy) is 3. The summed E-state index contributed by atoms with van der Waals surface area (Å²) >= 11 is 0. The van der Waals surface area contributed by atoms with Crippen molar-refractivity contribution in [2.75, 3.05) is 21.3 Å². The topological polar surface area (TPSA) is 61.8 Å². The monoisotopic (exact) mass is 384 g/mol. The number of hydrogen-bond acceptors (Lipinski definition) is 5. The normalized spacial score (nSPS) is 15.5. The van der Waals surface area contributed by atoms with Crippen LogP contribution in [0.4, 0.5) is 0 Å². The van der Waals surface area contributed by atoms with Gasteiger partial charge in [0, 0.05) is 22.9 Å². The number of carbonyl (C=O) groups is 2. The molecule has 0 bridgehead atoms. The Hall–Kier alpha value is -2.56. The van der Waals surface area contributed by atoms with Crippen LogP contribution in [-0.2, 0) is 10.2 Å². The van der Waals surface area contributed by atoms with Crippen LogP contribution in [0.1, 0.15) is 78.3 Å². The third-order valence-electron chi connectivity index (χ3n) is 5.73. The molecule has 0 N–H and O–H groups in total. The van der Waals surface area contributed by atoms with Gasteiger partial charge in [0.15, 0.2) is 17.3 Å². The van der Waals surface area contributed by atoms with Gasteiger partial charge < -0.3 is 14.2 Å². The summed E-state index contributed by atoms with van der Waals surface area (Å²) in [4.78, 5) is 25.7. The second kappa shape index (κ2) is 7.12. The van der Waals surface area contributed by atoms with E-state index in [0.29, 0.717) is 40.9 Å². The highest BCUT2D eigenvalue weighted by molar-refractivity contribution is 6.16. The summed E-state index contributed by atoms with van der Waals surface area (Å²) in [5, 5.41) is 1.50. The second-order valence-corrected chi connectivity index (χ2v) is 8.26. The Labute approximate surface area is 166 Å². The van der Waals surface area contributed by atoms with Crippen LogP contribution in [0.15, 0.2) is 12.1 Å². The van der Waals surface area contributed by atoms with Crippen molar-refractivity contribution in [1.29, 1.82) is 0 Å². The van der Waals surface area contributed by atoms with E-state index in [1.54, 1.807) is 14.2 Å². The van der Waals surface area contributed by atoms with Crippen molar-refractivity contribution in [2.45, 2.75) is 51.9 Å². The van der Waals surface area contributed by atoms with Crippen molar-refractivity contribution in [1.82, 2.24) is 0 Å². The number of fused-ring (bicyclic) bond motifs is 3. The molecule has 2 aromatic rings. The molecule has 0 aliphatic heterocycles. The number of ketones is 1.